The third-order valence-electron chi connectivity index (χ3n) is 3.01. The van der Waals surface area contributed by atoms with Gasteiger partial charge >= 0.3 is 0 Å². The summed E-state index contributed by atoms with van der Waals surface area (Å²) in [4.78, 5) is 13.2. The first-order valence-corrected chi connectivity index (χ1v) is 7.60. The highest BCUT2D eigenvalue weighted by atomic mass is 32.2. The highest BCUT2D eigenvalue weighted by Crippen LogP contribution is 2.27. The Morgan fingerprint density at radius 2 is 1.65 bits per heavy atom. The van der Waals surface area contributed by atoms with Crippen molar-refractivity contribution < 1.29 is 4.79 Å². The lowest BCUT2D eigenvalue weighted by molar-refractivity contribution is -0.113. The van der Waals surface area contributed by atoms with Crippen LogP contribution in [0.25, 0.3) is 0 Å². The molecule has 0 aliphatic carbocycles. The molecule has 0 aliphatic rings. The van der Waals surface area contributed by atoms with Crippen LogP contribution in [0.4, 0.5) is 5.69 Å². The first-order valence-electron chi connectivity index (χ1n) is 6.62. The van der Waals surface area contributed by atoms with Crippen LogP contribution in [0, 0.1) is 20.8 Å². The lowest BCUT2D eigenvalue weighted by Crippen LogP contribution is -2.14. The molecular weight excluding hydrogens is 266 g/mol. The molecule has 0 radical (unpaired) electrons. The summed E-state index contributed by atoms with van der Waals surface area (Å²) in [7, 11) is 0. The van der Waals surface area contributed by atoms with Crippen molar-refractivity contribution in [2.24, 2.45) is 0 Å². The number of hydrogen-bond acceptors (Lipinski definition) is 2. The number of hydrogen-bond donors (Lipinski definition) is 1. The van der Waals surface area contributed by atoms with Gasteiger partial charge in [-0.2, -0.15) is 0 Å². The molecule has 0 fully saturated rings. The maximum atomic E-state index is 11.9. The summed E-state index contributed by atoms with van der Waals surface area (Å²) in [6.07, 6.45) is 0. The molecule has 2 nitrogen and oxygen atoms in total. The molecular formula is C17H19NOS. The minimum Gasteiger partial charge on any atom is -0.325 e. The summed E-state index contributed by atoms with van der Waals surface area (Å²) in [6, 6.07) is 13.9. The van der Waals surface area contributed by atoms with Crippen LogP contribution >= 0.6 is 11.8 Å². The van der Waals surface area contributed by atoms with Gasteiger partial charge in [0.2, 0.25) is 5.91 Å². The summed E-state index contributed by atoms with van der Waals surface area (Å²) in [6.45, 7) is 6.28. The fourth-order valence-corrected chi connectivity index (χ4v) is 3.17. The number of thioether (sulfide) groups is 1. The molecule has 0 aliphatic heterocycles. The van der Waals surface area contributed by atoms with Crippen molar-refractivity contribution in [3.63, 3.8) is 0 Å². The zero-order valence-electron chi connectivity index (χ0n) is 12.1. The summed E-state index contributed by atoms with van der Waals surface area (Å²) < 4.78 is 0. The first-order chi connectivity index (χ1) is 9.56. The Bertz CT molecular complexity index is 585. The van der Waals surface area contributed by atoms with Gasteiger partial charge in [0, 0.05) is 10.6 Å². The van der Waals surface area contributed by atoms with Gasteiger partial charge in [0.25, 0.3) is 0 Å². The topological polar surface area (TPSA) is 29.1 Å². The van der Waals surface area contributed by atoms with Gasteiger partial charge in [0.05, 0.1) is 5.75 Å². The van der Waals surface area contributed by atoms with Gasteiger partial charge in [-0.3, -0.25) is 4.79 Å². The van der Waals surface area contributed by atoms with Gasteiger partial charge in [-0.15, -0.1) is 11.8 Å². The Labute approximate surface area is 124 Å². The molecule has 104 valence electrons. The minimum atomic E-state index is 0.0283. The predicted molar refractivity (Wildman–Crippen MR) is 86.4 cm³/mol. The number of carbonyl (C=O) groups excluding carboxylic acids is 1. The van der Waals surface area contributed by atoms with Crippen molar-refractivity contribution >= 4 is 23.4 Å². The largest absolute Gasteiger partial charge is 0.325 e. The molecule has 1 amide bonds. The maximum absolute atomic E-state index is 11.9. The molecule has 0 heterocycles. The molecule has 2 aromatic rings. The van der Waals surface area contributed by atoms with Gasteiger partial charge in [0.1, 0.15) is 0 Å². The summed E-state index contributed by atoms with van der Waals surface area (Å²) in [5.74, 6) is 0.459. The van der Waals surface area contributed by atoms with E-state index in [0.717, 1.165) is 5.69 Å². The Morgan fingerprint density at radius 1 is 1.05 bits per heavy atom. The highest BCUT2D eigenvalue weighted by Gasteiger charge is 2.08. The van der Waals surface area contributed by atoms with E-state index in [0.29, 0.717) is 5.75 Å². The number of aryl methyl sites for hydroxylation is 3. The lowest BCUT2D eigenvalue weighted by Gasteiger charge is -2.11. The monoisotopic (exact) mass is 285 g/mol. The molecule has 0 atom stereocenters. The molecule has 0 aromatic heterocycles. The van der Waals surface area contributed by atoms with Crippen LogP contribution in [0.3, 0.4) is 0 Å². The predicted octanol–water partition coefficient (Wildman–Crippen LogP) is 4.34. The van der Waals surface area contributed by atoms with E-state index in [9.17, 15) is 4.79 Å². The SMILES string of the molecule is Cc1cc(C)c(SCC(=O)Nc2ccccc2)c(C)c1. The van der Waals surface area contributed by atoms with Crippen LogP contribution in [-0.4, -0.2) is 11.7 Å². The van der Waals surface area contributed by atoms with Gasteiger partial charge < -0.3 is 5.32 Å². The Kier molecular flexibility index (Phi) is 4.85. The molecule has 0 saturated carbocycles. The van der Waals surface area contributed by atoms with Crippen LogP contribution in [0.1, 0.15) is 16.7 Å². The average Bonchev–Trinajstić information content (AvgIpc) is 2.38. The number of anilines is 1. The highest BCUT2D eigenvalue weighted by molar-refractivity contribution is 8.00. The van der Waals surface area contributed by atoms with Crippen LogP contribution < -0.4 is 5.32 Å². The summed E-state index contributed by atoms with van der Waals surface area (Å²) >= 11 is 1.60. The second-order valence-corrected chi connectivity index (χ2v) is 5.92. The number of rotatable bonds is 4. The number of para-hydroxylation sites is 1. The van der Waals surface area contributed by atoms with Crippen LogP contribution in [0.2, 0.25) is 0 Å². The van der Waals surface area contributed by atoms with Crippen LogP contribution in [0.5, 0.6) is 0 Å². The zero-order valence-corrected chi connectivity index (χ0v) is 12.9. The van der Waals surface area contributed by atoms with Crippen molar-refractivity contribution in [3.8, 4) is 0 Å². The molecule has 1 N–H and O–H groups in total. The minimum absolute atomic E-state index is 0.0283. The molecule has 20 heavy (non-hydrogen) atoms. The Hall–Kier alpha value is -1.74. The van der Waals surface area contributed by atoms with Crippen molar-refractivity contribution in [2.45, 2.75) is 25.7 Å². The second-order valence-electron chi connectivity index (χ2n) is 4.93. The molecule has 3 heteroatoms. The number of benzene rings is 2. The third-order valence-corrected chi connectivity index (χ3v) is 4.35. The van der Waals surface area contributed by atoms with E-state index in [2.05, 4.69) is 38.2 Å². The smallest absolute Gasteiger partial charge is 0.234 e. The second kappa shape index (κ2) is 6.62. The number of carbonyl (C=O) groups is 1. The van der Waals surface area contributed by atoms with Crippen molar-refractivity contribution in [2.75, 3.05) is 11.1 Å². The number of amides is 1. The van der Waals surface area contributed by atoms with E-state index < -0.39 is 0 Å². The summed E-state index contributed by atoms with van der Waals surface area (Å²) in [5, 5.41) is 2.90. The quantitative estimate of drug-likeness (QED) is 0.847. The molecule has 2 rings (SSSR count). The maximum Gasteiger partial charge on any atom is 0.234 e. The van der Waals surface area contributed by atoms with Crippen LogP contribution in [-0.2, 0) is 4.79 Å². The van der Waals surface area contributed by atoms with E-state index in [4.69, 9.17) is 0 Å². The van der Waals surface area contributed by atoms with Gasteiger partial charge in [-0.05, 0) is 44.0 Å². The van der Waals surface area contributed by atoms with Crippen LogP contribution in [0.15, 0.2) is 47.4 Å². The molecule has 0 saturated heterocycles. The molecule has 2 aromatic carbocycles. The van der Waals surface area contributed by atoms with Crippen molar-refractivity contribution in [3.05, 3.63) is 59.2 Å². The first kappa shape index (κ1) is 14.7. The molecule has 0 spiro atoms. The van der Waals surface area contributed by atoms with E-state index in [1.54, 1.807) is 11.8 Å². The Balaban J connectivity index is 1.97. The number of nitrogens with one attached hydrogen (secondary N) is 1. The van der Waals surface area contributed by atoms with E-state index >= 15 is 0 Å². The van der Waals surface area contributed by atoms with E-state index in [1.807, 2.05) is 30.3 Å². The molecule has 0 unspecified atom stereocenters. The Morgan fingerprint density at radius 3 is 2.25 bits per heavy atom. The van der Waals surface area contributed by atoms with Gasteiger partial charge in [0.15, 0.2) is 0 Å². The van der Waals surface area contributed by atoms with Gasteiger partial charge in [-0.25, -0.2) is 0 Å². The average molecular weight is 285 g/mol. The summed E-state index contributed by atoms with van der Waals surface area (Å²) in [5.41, 5.74) is 4.58. The normalized spacial score (nSPS) is 10.3. The van der Waals surface area contributed by atoms with Crippen molar-refractivity contribution in [1.82, 2.24) is 0 Å². The third kappa shape index (κ3) is 3.87. The standard InChI is InChI=1S/C17H19NOS/c1-12-9-13(2)17(14(3)10-12)20-11-16(19)18-15-7-5-4-6-8-15/h4-10H,11H2,1-3H3,(H,18,19). The van der Waals surface area contributed by atoms with E-state index in [-0.39, 0.29) is 5.91 Å². The zero-order chi connectivity index (χ0) is 14.5. The van der Waals surface area contributed by atoms with E-state index in [1.165, 1.54) is 21.6 Å². The fourth-order valence-electron chi connectivity index (χ4n) is 2.25. The molecule has 0 bridgehead atoms. The fraction of sp³-hybridized carbons (Fsp3) is 0.235. The van der Waals surface area contributed by atoms with Crippen molar-refractivity contribution in [1.29, 1.82) is 0 Å². The van der Waals surface area contributed by atoms with Gasteiger partial charge in [-0.1, -0.05) is 35.9 Å². The lowest BCUT2D eigenvalue weighted by atomic mass is 10.1.